The van der Waals surface area contributed by atoms with Crippen molar-refractivity contribution in [3.8, 4) is 0 Å². The van der Waals surface area contributed by atoms with Crippen LogP contribution in [-0.2, 0) is 0 Å². The molecule has 74 valence electrons. The molecule has 0 aromatic heterocycles. The van der Waals surface area contributed by atoms with Crippen molar-refractivity contribution in [3.63, 3.8) is 0 Å². The minimum absolute atomic E-state index is 0.380. The Hall–Kier alpha value is -1.06. The van der Waals surface area contributed by atoms with Gasteiger partial charge in [-0.1, -0.05) is 6.92 Å². The monoisotopic (exact) mass is 182 g/mol. The smallest absolute Gasteiger partial charge is 0.209 e. The van der Waals surface area contributed by atoms with Crippen LogP contribution in [0.15, 0.2) is 10.1 Å². The van der Waals surface area contributed by atoms with Crippen molar-refractivity contribution in [2.24, 2.45) is 21.7 Å². The molecule has 0 aliphatic heterocycles. The van der Waals surface area contributed by atoms with Gasteiger partial charge in [-0.2, -0.15) is 5.10 Å². The minimum atomic E-state index is 0.380. The first-order valence-electron chi connectivity index (χ1n) is 4.76. The maximum Gasteiger partial charge on any atom is 0.209 e. The number of nitrogens with two attached hydrogens (primary N) is 1. The van der Waals surface area contributed by atoms with E-state index in [1.165, 1.54) is 18.6 Å². The average molecular weight is 182 g/mol. The van der Waals surface area contributed by atoms with Gasteiger partial charge in [0.25, 0.3) is 0 Å². The number of hydrazone groups is 1. The van der Waals surface area contributed by atoms with Gasteiger partial charge in [0.2, 0.25) is 5.96 Å². The summed E-state index contributed by atoms with van der Waals surface area (Å²) < 4.78 is 0. The highest BCUT2D eigenvalue weighted by Crippen LogP contribution is 2.20. The second kappa shape index (κ2) is 4.84. The molecule has 0 amide bonds. The van der Waals surface area contributed by atoms with Crippen molar-refractivity contribution < 1.29 is 0 Å². The number of nitrogens with one attached hydrogen (secondary N) is 1. The summed E-state index contributed by atoms with van der Waals surface area (Å²) in [5.74, 6) is 1.14. The minimum Gasteiger partial charge on any atom is -0.369 e. The molecule has 1 atom stereocenters. The Bertz CT molecular complexity index is 220. The Balaban J connectivity index is 2.41. The van der Waals surface area contributed by atoms with Crippen LogP contribution < -0.4 is 11.2 Å². The molecular weight excluding hydrogens is 164 g/mol. The fourth-order valence-electron chi connectivity index (χ4n) is 1.55. The van der Waals surface area contributed by atoms with Gasteiger partial charge in [0.15, 0.2) is 0 Å². The highest BCUT2D eigenvalue weighted by atomic mass is 15.4. The maximum atomic E-state index is 5.46. The molecular formula is C9H18N4. The lowest BCUT2D eigenvalue weighted by atomic mass is 9.89. The molecule has 4 nitrogen and oxygen atoms in total. The summed E-state index contributed by atoms with van der Waals surface area (Å²) >= 11 is 0. The van der Waals surface area contributed by atoms with E-state index in [0.717, 1.165) is 18.8 Å². The standard InChI is InChI=1S/C9H18N4/c1-7-4-3-5-8(6-7)12-13-9(10)11-2/h7H,3-6H2,1-2H3,(H3,10,11,13)/b12-8-/t7-/m1/s1. The van der Waals surface area contributed by atoms with Crippen LogP contribution in [0, 0.1) is 5.92 Å². The second-order valence-electron chi connectivity index (χ2n) is 3.60. The predicted molar refractivity (Wildman–Crippen MR) is 55.7 cm³/mol. The quantitative estimate of drug-likeness (QED) is 0.362. The van der Waals surface area contributed by atoms with Gasteiger partial charge < -0.3 is 5.73 Å². The fourth-order valence-corrected chi connectivity index (χ4v) is 1.55. The normalized spacial score (nSPS) is 27.7. The van der Waals surface area contributed by atoms with Crippen molar-refractivity contribution in [2.45, 2.75) is 32.6 Å². The summed E-state index contributed by atoms with van der Waals surface area (Å²) in [4.78, 5) is 3.77. The van der Waals surface area contributed by atoms with E-state index in [1.807, 2.05) is 0 Å². The Kier molecular flexibility index (Phi) is 3.73. The predicted octanol–water partition coefficient (Wildman–Crippen LogP) is 1.09. The summed E-state index contributed by atoms with van der Waals surface area (Å²) in [7, 11) is 1.64. The van der Waals surface area contributed by atoms with E-state index in [0.29, 0.717) is 5.96 Å². The fraction of sp³-hybridized carbons (Fsp3) is 0.778. The molecule has 0 aromatic carbocycles. The lowest BCUT2D eigenvalue weighted by molar-refractivity contribution is 0.498. The van der Waals surface area contributed by atoms with Gasteiger partial charge >= 0.3 is 0 Å². The van der Waals surface area contributed by atoms with Gasteiger partial charge in [-0.15, -0.1) is 0 Å². The molecule has 0 aromatic rings. The highest BCUT2D eigenvalue weighted by molar-refractivity contribution is 5.87. The third-order valence-corrected chi connectivity index (χ3v) is 2.32. The number of hydrogen-bond donors (Lipinski definition) is 2. The number of nitrogens with zero attached hydrogens (tertiary/aromatic N) is 2. The Morgan fingerprint density at radius 1 is 1.62 bits per heavy atom. The van der Waals surface area contributed by atoms with Crippen molar-refractivity contribution in [1.29, 1.82) is 0 Å². The summed E-state index contributed by atoms with van der Waals surface area (Å²) in [5, 5.41) is 4.22. The third-order valence-electron chi connectivity index (χ3n) is 2.32. The van der Waals surface area contributed by atoms with Crippen LogP contribution in [0.25, 0.3) is 0 Å². The summed E-state index contributed by atoms with van der Waals surface area (Å²) in [5.41, 5.74) is 9.41. The van der Waals surface area contributed by atoms with E-state index >= 15 is 0 Å². The van der Waals surface area contributed by atoms with Crippen molar-refractivity contribution in [1.82, 2.24) is 5.43 Å². The lowest BCUT2D eigenvalue weighted by Gasteiger charge is -2.18. The first-order chi connectivity index (χ1) is 6.22. The molecule has 0 spiro atoms. The molecule has 0 unspecified atom stereocenters. The van der Waals surface area contributed by atoms with Gasteiger partial charge in [0, 0.05) is 12.8 Å². The van der Waals surface area contributed by atoms with Crippen LogP contribution in [0.4, 0.5) is 0 Å². The van der Waals surface area contributed by atoms with Crippen LogP contribution in [0.5, 0.6) is 0 Å². The zero-order valence-electron chi connectivity index (χ0n) is 8.38. The molecule has 13 heavy (non-hydrogen) atoms. The van der Waals surface area contributed by atoms with E-state index < -0.39 is 0 Å². The van der Waals surface area contributed by atoms with Crippen LogP contribution in [0.3, 0.4) is 0 Å². The van der Waals surface area contributed by atoms with Crippen LogP contribution in [0.1, 0.15) is 32.6 Å². The first kappa shape index (κ1) is 10.0. The van der Waals surface area contributed by atoms with Crippen molar-refractivity contribution in [3.05, 3.63) is 0 Å². The molecule has 1 fully saturated rings. The van der Waals surface area contributed by atoms with Crippen molar-refractivity contribution in [2.75, 3.05) is 7.05 Å². The zero-order chi connectivity index (χ0) is 9.68. The molecule has 0 saturated heterocycles. The Morgan fingerprint density at radius 2 is 2.38 bits per heavy atom. The molecule has 4 heteroatoms. The summed E-state index contributed by atoms with van der Waals surface area (Å²) in [6, 6.07) is 0. The molecule has 1 rings (SSSR count). The van der Waals surface area contributed by atoms with Gasteiger partial charge in [-0.3, -0.25) is 4.99 Å². The second-order valence-corrected chi connectivity index (χ2v) is 3.60. The SMILES string of the molecule is CN=C(N)N/N=C1/CCC[C@@H](C)C1. The van der Waals surface area contributed by atoms with Crippen LogP contribution >= 0.6 is 0 Å². The van der Waals surface area contributed by atoms with Crippen LogP contribution in [-0.4, -0.2) is 18.7 Å². The summed E-state index contributed by atoms with van der Waals surface area (Å²) in [6.45, 7) is 2.26. The Labute approximate surface area is 79.3 Å². The summed E-state index contributed by atoms with van der Waals surface area (Å²) in [6.07, 6.45) is 4.74. The van der Waals surface area contributed by atoms with E-state index in [9.17, 15) is 0 Å². The zero-order valence-corrected chi connectivity index (χ0v) is 8.38. The van der Waals surface area contributed by atoms with Crippen molar-refractivity contribution >= 4 is 11.7 Å². The Morgan fingerprint density at radius 3 is 3.00 bits per heavy atom. The number of guanidine groups is 1. The average Bonchev–Trinajstić information content (AvgIpc) is 2.14. The number of hydrogen-bond acceptors (Lipinski definition) is 2. The third kappa shape index (κ3) is 3.44. The molecule has 1 saturated carbocycles. The molecule has 0 radical (unpaired) electrons. The molecule has 1 aliphatic carbocycles. The van der Waals surface area contributed by atoms with E-state index in [-0.39, 0.29) is 0 Å². The first-order valence-corrected chi connectivity index (χ1v) is 4.76. The maximum absolute atomic E-state index is 5.46. The van der Waals surface area contributed by atoms with Gasteiger partial charge in [-0.25, -0.2) is 5.43 Å². The van der Waals surface area contributed by atoms with Gasteiger partial charge in [0.1, 0.15) is 0 Å². The molecule has 3 N–H and O–H groups in total. The molecule has 1 aliphatic rings. The highest BCUT2D eigenvalue weighted by Gasteiger charge is 2.13. The number of aliphatic imine (C=N–C) groups is 1. The van der Waals surface area contributed by atoms with Gasteiger partial charge in [0.05, 0.1) is 0 Å². The van der Waals surface area contributed by atoms with E-state index in [4.69, 9.17) is 5.73 Å². The van der Waals surface area contributed by atoms with E-state index in [1.54, 1.807) is 7.05 Å². The van der Waals surface area contributed by atoms with Gasteiger partial charge in [-0.05, 0) is 31.6 Å². The topological polar surface area (TPSA) is 62.8 Å². The largest absolute Gasteiger partial charge is 0.369 e. The van der Waals surface area contributed by atoms with Crippen LogP contribution in [0.2, 0.25) is 0 Å². The van der Waals surface area contributed by atoms with E-state index in [2.05, 4.69) is 22.4 Å². The number of rotatable bonds is 1. The molecule has 0 heterocycles. The lowest BCUT2D eigenvalue weighted by Crippen LogP contribution is -2.29. The molecule has 0 bridgehead atoms.